The fourth-order valence-electron chi connectivity index (χ4n) is 2.09. The van der Waals surface area contributed by atoms with Gasteiger partial charge in [0.15, 0.2) is 0 Å². The molecular weight excluding hydrogens is 395 g/mol. The van der Waals surface area contributed by atoms with Crippen molar-refractivity contribution in [2.45, 2.75) is 0 Å². The molecule has 0 atom stereocenters. The Hall–Kier alpha value is -2.35. The van der Waals surface area contributed by atoms with E-state index in [1.54, 1.807) is 30.3 Å². The molecule has 110 valence electrons. The Balaban J connectivity index is 1.95. The van der Waals surface area contributed by atoms with Gasteiger partial charge in [-0.3, -0.25) is 15.0 Å². The van der Waals surface area contributed by atoms with E-state index in [0.29, 0.717) is 11.3 Å². The van der Waals surface area contributed by atoms with Gasteiger partial charge in [0.25, 0.3) is 11.8 Å². The minimum Gasteiger partial charge on any atom is -0.507 e. The first-order valence-electron chi connectivity index (χ1n) is 6.47. The van der Waals surface area contributed by atoms with Crippen LogP contribution in [0.5, 0.6) is 5.75 Å². The predicted molar refractivity (Wildman–Crippen MR) is 90.9 cm³/mol. The molecule has 1 saturated heterocycles. The van der Waals surface area contributed by atoms with Crippen LogP contribution >= 0.6 is 22.6 Å². The molecule has 5 nitrogen and oxygen atoms in total. The molecular formula is C16H11IN2O3. The van der Waals surface area contributed by atoms with Crippen LogP contribution < -0.4 is 10.4 Å². The number of hydrogen-bond donors (Lipinski definition) is 2. The summed E-state index contributed by atoms with van der Waals surface area (Å²) in [4.78, 5) is 24.4. The summed E-state index contributed by atoms with van der Waals surface area (Å²) in [7, 11) is 0. The maximum Gasteiger partial charge on any atom is 0.282 e. The van der Waals surface area contributed by atoms with Crippen molar-refractivity contribution in [3.05, 3.63) is 63.2 Å². The molecule has 0 bridgehead atoms. The largest absolute Gasteiger partial charge is 0.507 e. The molecule has 0 spiro atoms. The standard InChI is InChI=1S/C16H11IN2O3/c17-11-5-7-12(8-6-11)19-16(22)13(15(21)18-19)9-10-3-1-2-4-14(10)20/h1-9,20H,(H,18,21)/b13-9-. The molecule has 6 heteroatoms. The van der Waals surface area contributed by atoms with Gasteiger partial charge in [-0.15, -0.1) is 0 Å². The summed E-state index contributed by atoms with van der Waals surface area (Å²) >= 11 is 2.16. The number of aromatic hydroxyl groups is 1. The summed E-state index contributed by atoms with van der Waals surface area (Å²) in [6.45, 7) is 0. The van der Waals surface area contributed by atoms with E-state index in [1.807, 2.05) is 12.1 Å². The van der Waals surface area contributed by atoms with Crippen LogP contribution in [0.1, 0.15) is 5.56 Å². The van der Waals surface area contributed by atoms with Crippen molar-refractivity contribution >= 4 is 46.2 Å². The van der Waals surface area contributed by atoms with Crippen LogP contribution in [0.2, 0.25) is 0 Å². The van der Waals surface area contributed by atoms with Gasteiger partial charge in [0, 0.05) is 9.13 Å². The lowest BCUT2D eigenvalue weighted by Gasteiger charge is -2.14. The summed E-state index contributed by atoms with van der Waals surface area (Å²) in [5.41, 5.74) is 3.51. The quantitative estimate of drug-likeness (QED) is 0.458. The van der Waals surface area contributed by atoms with Gasteiger partial charge in [-0.1, -0.05) is 18.2 Å². The van der Waals surface area contributed by atoms with Crippen molar-refractivity contribution in [2.75, 3.05) is 5.01 Å². The number of phenolic OH excluding ortho intramolecular Hbond substituents is 1. The summed E-state index contributed by atoms with van der Waals surface area (Å²) in [6, 6.07) is 13.7. The highest BCUT2D eigenvalue weighted by Gasteiger charge is 2.34. The molecule has 0 saturated carbocycles. The molecule has 22 heavy (non-hydrogen) atoms. The summed E-state index contributed by atoms with van der Waals surface area (Å²) in [5, 5.41) is 11.0. The first-order chi connectivity index (χ1) is 10.6. The van der Waals surface area contributed by atoms with E-state index >= 15 is 0 Å². The zero-order valence-electron chi connectivity index (χ0n) is 11.3. The van der Waals surface area contributed by atoms with Crippen molar-refractivity contribution < 1.29 is 14.7 Å². The van der Waals surface area contributed by atoms with Crippen LogP contribution in [0.15, 0.2) is 54.1 Å². The van der Waals surface area contributed by atoms with Crippen LogP contribution in [0, 0.1) is 3.57 Å². The van der Waals surface area contributed by atoms with E-state index in [-0.39, 0.29) is 11.3 Å². The smallest absolute Gasteiger partial charge is 0.282 e. The second-order valence-electron chi connectivity index (χ2n) is 4.67. The van der Waals surface area contributed by atoms with Crippen molar-refractivity contribution in [1.82, 2.24) is 5.43 Å². The zero-order chi connectivity index (χ0) is 15.7. The maximum atomic E-state index is 12.4. The molecule has 2 amide bonds. The van der Waals surface area contributed by atoms with Crippen molar-refractivity contribution in [2.24, 2.45) is 0 Å². The van der Waals surface area contributed by atoms with Gasteiger partial charge in [-0.2, -0.15) is 0 Å². The number of nitrogens with zero attached hydrogens (tertiary/aromatic N) is 1. The maximum absolute atomic E-state index is 12.4. The first kappa shape index (κ1) is 14.6. The number of carbonyl (C=O) groups excluding carboxylic acids is 2. The van der Waals surface area contributed by atoms with Gasteiger partial charge >= 0.3 is 0 Å². The molecule has 3 rings (SSSR count). The number of hydrazine groups is 1. The topological polar surface area (TPSA) is 69.6 Å². The minimum absolute atomic E-state index is 0.0138. The van der Waals surface area contributed by atoms with Gasteiger partial charge in [0.05, 0.1) is 5.69 Å². The lowest BCUT2D eigenvalue weighted by molar-refractivity contribution is -0.117. The summed E-state index contributed by atoms with van der Waals surface area (Å²) in [6.07, 6.45) is 1.39. The second kappa shape index (κ2) is 5.80. The number of carbonyl (C=O) groups is 2. The number of halogens is 1. The van der Waals surface area contributed by atoms with E-state index in [4.69, 9.17) is 0 Å². The number of nitrogens with one attached hydrogen (secondary N) is 1. The van der Waals surface area contributed by atoms with E-state index < -0.39 is 11.8 Å². The summed E-state index contributed by atoms with van der Waals surface area (Å²) in [5.74, 6) is -0.926. The van der Waals surface area contributed by atoms with E-state index in [2.05, 4.69) is 28.0 Å². The number of amides is 2. The van der Waals surface area contributed by atoms with Crippen molar-refractivity contribution in [1.29, 1.82) is 0 Å². The molecule has 2 N–H and O–H groups in total. The first-order valence-corrected chi connectivity index (χ1v) is 7.55. The number of benzene rings is 2. The number of phenols is 1. The average Bonchev–Trinajstić information content (AvgIpc) is 2.78. The Labute approximate surface area is 140 Å². The van der Waals surface area contributed by atoms with Crippen LogP contribution in [0.25, 0.3) is 6.08 Å². The molecule has 2 aromatic rings. The van der Waals surface area contributed by atoms with Crippen LogP contribution in [0.3, 0.4) is 0 Å². The Kier molecular flexibility index (Phi) is 3.84. The SMILES string of the molecule is O=C1NN(c2ccc(I)cc2)C(=O)/C1=C\c1ccccc1O. The number of anilines is 1. The number of hydrogen-bond acceptors (Lipinski definition) is 3. The Morgan fingerprint density at radius 3 is 2.41 bits per heavy atom. The zero-order valence-corrected chi connectivity index (χ0v) is 13.4. The molecule has 0 unspecified atom stereocenters. The third-order valence-corrected chi connectivity index (χ3v) is 3.93. The monoisotopic (exact) mass is 406 g/mol. The lowest BCUT2D eigenvalue weighted by Crippen LogP contribution is -2.35. The van der Waals surface area contributed by atoms with Gasteiger partial charge in [0.2, 0.25) is 0 Å². The highest BCUT2D eigenvalue weighted by molar-refractivity contribution is 14.1. The highest BCUT2D eigenvalue weighted by atomic mass is 127. The number of rotatable bonds is 2. The highest BCUT2D eigenvalue weighted by Crippen LogP contribution is 2.24. The second-order valence-corrected chi connectivity index (χ2v) is 5.92. The molecule has 1 aliphatic heterocycles. The summed E-state index contributed by atoms with van der Waals surface area (Å²) < 4.78 is 1.03. The van der Waals surface area contributed by atoms with E-state index in [1.165, 1.54) is 17.2 Å². The van der Waals surface area contributed by atoms with Crippen molar-refractivity contribution in [3.8, 4) is 5.75 Å². The van der Waals surface area contributed by atoms with Gasteiger partial charge in [0.1, 0.15) is 11.3 Å². The molecule has 0 aliphatic carbocycles. The van der Waals surface area contributed by atoms with Gasteiger partial charge in [-0.05, 0) is 59.0 Å². The Morgan fingerprint density at radius 1 is 1.05 bits per heavy atom. The molecule has 0 radical (unpaired) electrons. The Morgan fingerprint density at radius 2 is 1.73 bits per heavy atom. The van der Waals surface area contributed by atoms with Gasteiger partial charge < -0.3 is 5.11 Å². The Bertz CT molecular complexity index is 784. The third-order valence-electron chi connectivity index (χ3n) is 3.21. The van der Waals surface area contributed by atoms with Crippen LogP contribution in [0.4, 0.5) is 5.69 Å². The molecule has 1 fully saturated rings. The molecule has 1 aliphatic rings. The lowest BCUT2D eigenvalue weighted by atomic mass is 10.1. The molecule has 2 aromatic carbocycles. The van der Waals surface area contributed by atoms with E-state index in [9.17, 15) is 14.7 Å². The average molecular weight is 406 g/mol. The third kappa shape index (κ3) is 2.69. The van der Waals surface area contributed by atoms with Gasteiger partial charge in [-0.25, -0.2) is 5.01 Å². The molecule has 1 heterocycles. The minimum atomic E-state index is -0.494. The van der Waals surface area contributed by atoms with E-state index in [0.717, 1.165) is 3.57 Å². The molecule has 0 aromatic heterocycles. The van der Waals surface area contributed by atoms with Crippen LogP contribution in [-0.2, 0) is 9.59 Å². The fourth-order valence-corrected chi connectivity index (χ4v) is 2.45. The predicted octanol–water partition coefficient (Wildman–Crippen LogP) is 2.46. The normalized spacial score (nSPS) is 16.2. The number of para-hydroxylation sites is 1. The van der Waals surface area contributed by atoms with Crippen LogP contribution in [-0.4, -0.2) is 16.9 Å². The van der Waals surface area contributed by atoms with Crippen molar-refractivity contribution in [3.63, 3.8) is 0 Å². The fraction of sp³-hybridized carbons (Fsp3) is 0.